The van der Waals surface area contributed by atoms with Gasteiger partial charge in [-0.1, -0.05) is 45.9 Å². The molecule has 2 aromatic carbocycles. The van der Waals surface area contributed by atoms with E-state index in [0.29, 0.717) is 5.56 Å². The lowest BCUT2D eigenvalue weighted by Crippen LogP contribution is -2.33. The molecule has 0 bridgehead atoms. The fourth-order valence-electron chi connectivity index (χ4n) is 3.86. The number of anilines is 1. The second-order valence-corrected chi connectivity index (χ2v) is 8.71. The number of rotatable bonds is 5. The lowest BCUT2D eigenvalue weighted by Gasteiger charge is -2.42. The molecule has 0 unspecified atom stereocenters. The summed E-state index contributed by atoms with van der Waals surface area (Å²) < 4.78 is 0. The molecule has 0 aliphatic heterocycles. The Labute approximate surface area is 156 Å². The molecule has 0 amide bonds. The summed E-state index contributed by atoms with van der Waals surface area (Å²) in [5.74, 6) is -0.880. The van der Waals surface area contributed by atoms with Crippen LogP contribution < -0.4 is 5.32 Å². The summed E-state index contributed by atoms with van der Waals surface area (Å²) in [7, 11) is 0. The molecule has 0 saturated heterocycles. The van der Waals surface area contributed by atoms with Crippen LogP contribution in [0.1, 0.15) is 67.6 Å². The first-order valence-corrected chi connectivity index (χ1v) is 9.40. The highest BCUT2D eigenvalue weighted by Gasteiger charge is 2.36. The summed E-state index contributed by atoms with van der Waals surface area (Å²) in [6.45, 7) is 10.2. The number of benzene rings is 2. The zero-order valence-corrected chi connectivity index (χ0v) is 16.2. The average molecular weight is 351 g/mol. The number of fused-ring (bicyclic) bond motifs is 1. The third-order valence-electron chi connectivity index (χ3n) is 5.80. The Morgan fingerprint density at radius 2 is 1.58 bits per heavy atom. The van der Waals surface area contributed by atoms with Gasteiger partial charge >= 0.3 is 5.97 Å². The van der Waals surface area contributed by atoms with Gasteiger partial charge in [-0.15, -0.1) is 0 Å². The van der Waals surface area contributed by atoms with E-state index in [0.717, 1.165) is 24.2 Å². The van der Waals surface area contributed by atoms with Crippen LogP contribution in [0.3, 0.4) is 0 Å². The first-order valence-electron chi connectivity index (χ1n) is 9.40. The van der Waals surface area contributed by atoms with E-state index in [4.69, 9.17) is 5.11 Å². The third-order valence-corrected chi connectivity index (χ3v) is 5.80. The average Bonchev–Trinajstić information content (AvgIpc) is 2.59. The van der Waals surface area contributed by atoms with Crippen LogP contribution in [-0.2, 0) is 17.3 Å². The van der Waals surface area contributed by atoms with Gasteiger partial charge in [-0.25, -0.2) is 4.79 Å². The highest BCUT2D eigenvalue weighted by Crippen LogP contribution is 2.46. The van der Waals surface area contributed by atoms with Crippen molar-refractivity contribution in [2.24, 2.45) is 0 Å². The molecule has 0 heterocycles. The van der Waals surface area contributed by atoms with Crippen molar-refractivity contribution in [3.8, 4) is 0 Å². The molecule has 3 nitrogen and oxygen atoms in total. The standard InChI is InChI=1S/C23H29NO2/c1-22(2)12-13-23(3,4)20-15-18(9-10-19(20)22)24-14-11-16-5-7-17(8-6-16)21(25)26/h5-10,15,24H,11-14H2,1-4H3,(H,25,26). The summed E-state index contributed by atoms with van der Waals surface area (Å²) in [5, 5.41) is 12.5. The van der Waals surface area contributed by atoms with E-state index in [1.165, 1.54) is 24.0 Å². The van der Waals surface area contributed by atoms with E-state index in [-0.39, 0.29) is 10.8 Å². The maximum absolute atomic E-state index is 10.9. The lowest BCUT2D eigenvalue weighted by atomic mass is 9.63. The molecule has 138 valence electrons. The first-order chi connectivity index (χ1) is 12.2. The van der Waals surface area contributed by atoms with Crippen molar-refractivity contribution in [3.05, 3.63) is 64.7 Å². The molecule has 0 spiro atoms. The highest BCUT2D eigenvalue weighted by molar-refractivity contribution is 5.87. The van der Waals surface area contributed by atoms with E-state index in [1.807, 2.05) is 12.1 Å². The van der Waals surface area contributed by atoms with E-state index >= 15 is 0 Å². The molecule has 0 fully saturated rings. The van der Waals surface area contributed by atoms with Crippen molar-refractivity contribution < 1.29 is 9.90 Å². The summed E-state index contributed by atoms with van der Waals surface area (Å²) in [4.78, 5) is 10.9. The van der Waals surface area contributed by atoms with Gasteiger partial charge in [0, 0.05) is 12.2 Å². The van der Waals surface area contributed by atoms with Crippen molar-refractivity contribution in [3.63, 3.8) is 0 Å². The summed E-state index contributed by atoms with van der Waals surface area (Å²) in [6.07, 6.45) is 3.31. The maximum atomic E-state index is 10.9. The van der Waals surface area contributed by atoms with E-state index in [2.05, 4.69) is 51.2 Å². The molecule has 2 aromatic rings. The van der Waals surface area contributed by atoms with Crippen molar-refractivity contribution in [1.82, 2.24) is 0 Å². The van der Waals surface area contributed by atoms with Crippen molar-refractivity contribution in [1.29, 1.82) is 0 Å². The van der Waals surface area contributed by atoms with Gasteiger partial charge in [-0.3, -0.25) is 0 Å². The second-order valence-electron chi connectivity index (χ2n) is 8.71. The van der Waals surface area contributed by atoms with Gasteiger partial charge in [0.15, 0.2) is 0 Å². The van der Waals surface area contributed by atoms with E-state index in [1.54, 1.807) is 12.1 Å². The van der Waals surface area contributed by atoms with Crippen LogP contribution in [0.5, 0.6) is 0 Å². The van der Waals surface area contributed by atoms with Crippen LogP contribution in [0.2, 0.25) is 0 Å². The predicted molar refractivity (Wildman–Crippen MR) is 107 cm³/mol. The molecule has 0 saturated carbocycles. The van der Waals surface area contributed by atoms with Crippen LogP contribution in [0.4, 0.5) is 5.69 Å². The molecule has 0 radical (unpaired) electrons. The van der Waals surface area contributed by atoms with Gasteiger partial charge in [-0.2, -0.15) is 0 Å². The van der Waals surface area contributed by atoms with Gasteiger partial charge in [-0.05, 0) is 71.0 Å². The number of carboxylic acids is 1. The highest BCUT2D eigenvalue weighted by atomic mass is 16.4. The lowest BCUT2D eigenvalue weighted by molar-refractivity contribution is 0.0697. The fraction of sp³-hybridized carbons (Fsp3) is 0.435. The molecule has 1 aliphatic carbocycles. The third kappa shape index (κ3) is 3.77. The van der Waals surface area contributed by atoms with Gasteiger partial charge < -0.3 is 10.4 Å². The molecule has 0 aromatic heterocycles. The minimum atomic E-state index is -0.880. The zero-order chi connectivity index (χ0) is 18.9. The molecular weight excluding hydrogens is 322 g/mol. The number of carboxylic acid groups (broad SMARTS) is 1. The van der Waals surface area contributed by atoms with Gasteiger partial charge in [0.1, 0.15) is 0 Å². The SMILES string of the molecule is CC1(C)CCC(C)(C)c2cc(NCCc3ccc(C(=O)O)cc3)ccc21. The number of nitrogens with one attached hydrogen (secondary N) is 1. The molecular formula is C23H29NO2. The van der Waals surface area contributed by atoms with Crippen molar-refractivity contribution in [2.75, 3.05) is 11.9 Å². The van der Waals surface area contributed by atoms with E-state index < -0.39 is 5.97 Å². The Kier molecular flexibility index (Phi) is 4.83. The largest absolute Gasteiger partial charge is 0.478 e. The second kappa shape index (κ2) is 6.79. The Morgan fingerprint density at radius 1 is 0.962 bits per heavy atom. The monoisotopic (exact) mass is 351 g/mol. The summed E-state index contributed by atoms with van der Waals surface area (Å²) in [5.41, 5.74) is 6.04. The van der Waals surface area contributed by atoms with Crippen LogP contribution in [-0.4, -0.2) is 17.6 Å². The zero-order valence-electron chi connectivity index (χ0n) is 16.2. The van der Waals surface area contributed by atoms with Gasteiger partial charge in [0.2, 0.25) is 0 Å². The number of carbonyl (C=O) groups is 1. The van der Waals surface area contributed by atoms with Crippen LogP contribution >= 0.6 is 0 Å². The van der Waals surface area contributed by atoms with Crippen molar-refractivity contribution in [2.45, 2.75) is 57.8 Å². The Balaban J connectivity index is 1.68. The quantitative estimate of drug-likeness (QED) is 0.759. The molecule has 3 heteroatoms. The maximum Gasteiger partial charge on any atom is 0.335 e. The number of hydrogen-bond donors (Lipinski definition) is 2. The normalized spacial score (nSPS) is 17.4. The predicted octanol–water partition coefficient (Wildman–Crippen LogP) is 5.39. The molecule has 26 heavy (non-hydrogen) atoms. The smallest absolute Gasteiger partial charge is 0.335 e. The fourth-order valence-corrected chi connectivity index (χ4v) is 3.86. The Morgan fingerprint density at radius 3 is 2.19 bits per heavy atom. The molecule has 0 atom stereocenters. The minimum absolute atomic E-state index is 0.217. The summed E-state index contributed by atoms with van der Waals surface area (Å²) in [6, 6.07) is 13.9. The molecule has 1 aliphatic rings. The van der Waals surface area contributed by atoms with Crippen LogP contribution in [0.15, 0.2) is 42.5 Å². The van der Waals surface area contributed by atoms with E-state index in [9.17, 15) is 4.79 Å². The molecule has 2 N–H and O–H groups in total. The number of aromatic carboxylic acids is 1. The minimum Gasteiger partial charge on any atom is -0.478 e. The Bertz CT molecular complexity index is 803. The van der Waals surface area contributed by atoms with Crippen LogP contribution in [0.25, 0.3) is 0 Å². The number of hydrogen-bond acceptors (Lipinski definition) is 2. The topological polar surface area (TPSA) is 49.3 Å². The Hall–Kier alpha value is -2.29. The van der Waals surface area contributed by atoms with Gasteiger partial charge in [0.25, 0.3) is 0 Å². The van der Waals surface area contributed by atoms with Crippen molar-refractivity contribution >= 4 is 11.7 Å². The van der Waals surface area contributed by atoms with Crippen LogP contribution in [0, 0.1) is 0 Å². The van der Waals surface area contributed by atoms with Gasteiger partial charge in [0.05, 0.1) is 5.56 Å². The molecule has 3 rings (SSSR count). The first kappa shape index (κ1) is 18.5. The summed E-state index contributed by atoms with van der Waals surface area (Å²) >= 11 is 0.